The van der Waals surface area contributed by atoms with Crippen molar-refractivity contribution in [3.05, 3.63) is 23.8 Å². The second kappa shape index (κ2) is 9.50. The minimum Gasteiger partial charge on any atom is -0.493 e. The van der Waals surface area contributed by atoms with E-state index in [0.717, 1.165) is 17.7 Å². The van der Waals surface area contributed by atoms with Gasteiger partial charge in [0.05, 0.1) is 14.2 Å². The zero-order valence-corrected chi connectivity index (χ0v) is 15.8. The SMILES string of the molecule is COc1cc(CN(C)C(=O)C[NH+](C)CC(=O)NC2CC2)ccc1OC(F)F. The van der Waals surface area contributed by atoms with Crippen LogP contribution in [0.2, 0.25) is 0 Å². The summed E-state index contributed by atoms with van der Waals surface area (Å²) >= 11 is 0. The Morgan fingerprint density at radius 3 is 2.59 bits per heavy atom. The number of ether oxygens (including phenoxy) is 2. The van der Waals surface area contributed by atoms with Crippen LogP contribution >= 0.6 is 0 Å². The van der Waals surface area contributed by atoms with Crippen molar-refractivity contribution in [2.45, 2.75) is 32.0 Å². The van der Waals surface area contributed by atoms with Gasteiger partial charge in [-0.05, 0) is 30.5 Å². The van der Waals surface area contributed by atoms with E-state index in [4.69, 9.17) is 4.74 Å². The number of carbonyl (C=O) groups excluding carboxylic acids is 2. The fourth-order valence-corrected chi connectivity index (χ4v) is 2.60. The number of hydrogen-bond donors (Lipinski definition) is 2. The third-order valence-electron chi connectivity index (χ3n) is 4.15. The Labute approximate surface area is 157 Å². The van der Waals surface area contributed by atoms with E-state index in [-0.39, 0.29) is 42.9 Å². The van der Waals surface area contributed by atoms with E-state index in [9.17, 15) is 18.4 Å². The summed E-state index contributed by atoms with van der Waals surface area (Å²) in [5.41, 5.74) is 0.716. The van der Waals surface area contributed by atoms with Crippen molar-refractivity contribution in [3.63, 3.8) is 0 Å². The van der Waals surface area contributed by atoms with Crippen LogP contribution in [-0.2, 0) is 16.1 Å². The quantitative estimate of drug-likeness (QED) is 0.596. The van der Waals surface area contributed by atoms with E-state index >= 15 is 0 Å². The van der Waals surface area contributed by atoms with Crippen LogP contribution in [-0.4, -0.2) is 63.7 Å². The molecule has 1 fully saturated rings. The molecule has 1 unspecified atom stereocenters. The molecule has 0 spiro atoms. The monoisotopic (exact) mass is 386 g/mol. The van der Waals surface area contributed by atoms with Gasteiger partial charge < -0.3 is 24.6 Å². The number of halogens is 2. The summed E-state index contributed by atoms with van der Waals surface area (Å²) in [4.78, 5) is 26.5. The van der Waals surface area contributed by atoms with Crippen molar-refractivity contribution in [2.24, 2.45) is 0 Å². The van der Waals surface area contributed by atoms with Crippen molar-refractivity contribution < 1.29 is 32.7 Å². The van der Waals surface area contributed by atoms with Gasteiger partial charge in [0, 0.05) is 19.6 Å². The van der Waals surface area contributed by atoms with Crippen LogP contribution in [0.3, 0.4) is 0 Å². The molecule has 0 saturated heterocycles. The van der Waals surface area contributed by atoms with Crippen LogP contribution in [0.15, 0.2) is 18.2 Å². The lowest BCUT2D eigenvalue weighted by Gasteiger charge is -2.20. The van der Waals surface area contributed by atoms with Crippen LogP contribution in [0, 0.1) is 0 Å². The first-order valence-corrected chi connectivity index (χ1v) is 8.74. The molecule has 2 N–H and O–H groups in total. The van der Waals surface area contributed by atoms with Gasteiger partial charge in [0.25, 0.3) is 11.8 Å². The Morgan fingerprint density at radius 2 is 2.00 bits per heavy atom. The van der Waals surface area contributed by atoms with E-state index in [2.05, 4.69) is 10.1 Å². The van der Waals surface area contributed by atoms with Gasteiger partial charge in [0.1, 0.15) is 0 Å². The average Bonchev–Trinajstić information content (AvgIpc) is 3.39. The standard InChI is InChI=1S/C18H25F2N3O4/c1-22(10-16(24)21-13-5-6-13)11-17(25)23(2)9-12-4-7-14(27-18(19)20)15(8-12)26-3/h4,7-8,13,18H,5-6,9-11H2,1-3H3,(H,21,24)/p+1. The number of hydrogen-bond acceptors (Lipinski definition) is 4. The van der Waals surface area contributed by atoms with Crippen molar-refractivity contribution in [1.82, 2.24) is 10.2 Å². The largest absolute Gasteiger partial charge is 0.493 e. The molecule has 1 aromatic rings. The molecule has 27 heavy (non-hydrogen) atoms. The van der Waals surface area contributed by atoms with Gasteiger partial charge in [-0.2, -0.15) is 8.78 Å². The molecule has 1 aliphatic rings. The molecular weight excluding hydrogens is 360 g/mol. The highest BCUT2D eigenvalue weighted by atomic mass is 19.3. The fourth-order valence-electron chi connectivity index (χ4n) is 2.60. The highest BCUT2D eigenvalue weighted by molar-refractivity contribution is 5.79. The van der Waals surface area contributed by atoms with E-state index in [1.54, 1.807) is 26.2 Å². The first-order valence-electron chi connectivity index (χ1n) is 8.74. The third-order valence-corrected chi connectivity index (χ3v) is 4.15. The van der Waals surface area contributed by atoms with Crippen LogP contribution in [0.25, 0.3) is 0 Å². The number of nitrogens with one attached hydrogen (secondary N) is 2. The summed E-state index contributed by atoms with van der Waals surface area (Å²) in [6, 6.07) is 4.85. The fraction of sp³-hybridized carbons (Fsp3) is 0.556. The van der Waals surface area contributed by atoms with Gasteiger partial charge in [0.2, 0.25) is 0 Å². The molecule has 7 nitrogen and oxygen atoms in total. The van der Waals surface area contributed by atoms with Gasteiger partial charge in [-0.25, -0.2) is 0 Å². The van der Waals surface area contributed by atoms with E-state index in [1.165, 1.54) is 18.1 Å². The Balaban J connectivity index is 1.86. The maximum atomic E-state index is 12.4. The van der Waals surface area contributed by atoms with Crippen molar-refractivity contribution >= 4 is 11.8 Å². The Kier molecular flexibility index (Phi) is 7.35. The number of alkyl halides is 2. The normalized spacial score (nSPS) is 14.6. The maximum absolute atomic E-state index is 12.4. The smallest absolute Gasteiger partial charge is 0.387 e. The van der Waals surface area contributed by atoms with Gasteiger partial charge >= 0.3 is 6.61 Å². The molecule has 2 rings (SSSR count). The second-order valence-electron chi connectivity index (χ2n) is 6.77. The van der Waals surface area contributed by atoms with Gasteiger partial charge in [-0.15, -0.1) is 0 Å². The molecule has 150 valence electrons. The number of nitrogens with zero attached hydrogens (tertiary/aromatic N) is 1. The minimum atomic E-state index is -2.94. The van der Waals surface area contributed by atoms with Crippen LogP contribution in [0.4, 0.5) is 8.78 Å². The molecule has 1 aliphatic carbocycles. The molecule has 1 aromatic carbocycles. The lowest BCUT2D eigenvalue weighted by molar-refractivity contribution is -0.863. The maximum Gasteiger partial charge on any atom is 0.387 e. The molecule has 9 heteroatoms. The first-order chi connectivity index (χ1) is 12.8. The molecule has 0 radical (unpaired) electrons. The minimum absolute atomic E-state index is 0.0511. The molecule has 2 amide bonds. The Hall–Kier alpha value is -2.42. The predicted molar refractivity (Wildman–Crippen MR) is 93.9 cm³/mol. The lowest BCUT2D eigenvalue weighted by Crippen LogP contribution is -3.11. The summed E-state index contributed by atoms with van der Waals surface area (Å²) in [6.07, 6.45) is 2.05. The number of benzene rings is 1. The number of likely N-dealkylation sites (N-methyl/N-ethyl adjacent to an activating group) is 2. The molecule has 0 bridgehead atoms. The number of rotatable bonds is 10. The van der Waals surface area contributed by atoms with Crippen LogP contribution in [0.5, 0.6) is 11.5 Å². The zero-order chi connectivity index (χ0) is 20.0. The average molecular weight is 386 g/mol. The van der Waals surface area contributed by atoms with Crippen LogP contribution in [0.1, 0.15) is 18.4 Å². The van der Waals surface area contributed by atoms with E-state index < -0.39 is 6.61 Å². The summed E-state index contributed by atoms with van der Waals surface area (Å²) in [6.45, 7) is -2.24. The number of amides is 2. The zero-order valence-electron chi connectivity index (χ0n) is 15.8. The molecule has 1 saturated carbocycles. The molecular formula is C18H26F2N3O4+. The third kappa shape index (κ3) is 7.01. The Bertz CT molecular complexity index is 668. The summed E-state index contributed by atoms with van der Waals surface area (Å²) in [5.74, 6) is -0.0624. The van der Waals surface area contributed by atoms with Gasteiger partial charge in [-0.1, -0.05) is 6.07 Å². The lowest BCUT2D eigenvalue weighted by atomic mass is 10.2. The molecule has 0 aliphatic heterocycles. The number of carbonyl (C=O) groups is 2. The summed E-state index contributed by atoms with van der Waals surface area (Å²) in [5, 5.41) is 2.89. The Morgan fingerprint density at radius 1 is 1.30 bits per heavy atom. The van der Waals surface area contributed by atoms with Gasteiger partial charge in [0.15, 0.2) is 24.6 Å². The van der Waals surface area contributed by atoms with Gasteiger partial charge in [-0.3, -0.25) is 9.59 Å². The molecule has 0 heterocycles. The van der Waals surface area contributed by atoms with Crippen molar-refractivity contribution in [2.75, 3.05) is 34.3 Å². The van der Waals surface area contributed by atoms with E-state index in [1.807, 2.05) is 0 Å². The number of quaternary nitrogens is 1. The van der Waals surface area contributed by atoms with Crippen molar-refractivity contribution in [1.29, 1.82) is 0 Å². The highest BCUT2D eigenvalue weighted by Crippen LogP contribution is 2.29. The number of methoxy groups -OCH3 is 1. The molecule has 0 aromatic heterocycles. The summed E-state index contributed by atoms with van der Waals surface area (Å²) < 4.78 is 34.2. The molecule has 1 atom stereocenters. The summed E-state index contributed by atoms with van der Waals surface area (Å²) in [7, 11) is 4.80. The van der Waals surface area contributed by atoms with Crippen LogP contribution < -0.4 is 19.7 Å². The predicted octanol–water partition coefficient (Wildman–Crippen LogP) is 0.0483. The first kappa shape index (κ1) is 20.9. The second-order valence-corrected chi connectivity index (χ2v) is 6.77. The van der Waals surface area contributed by atoms with Crippen molar-refractivity contribution in [3.8, 4) is 11.5 Å². The topological polar surface area (TPSA) is 72.3 Å². The van der Waals surface area contributed by atoms with E-state index in [0.29, 0.717) is 11.6 Å². The highest BCUT2D eigenvalue weighted by Gasteiger charge is 2.25.